The Morgan fingerprint density at radius 3 is 2.24 bits per heavy atom. The van der Waals surface area contributed by atoms with Crippen LogP contribution in [-0.2, 0) is 23.9 Å². The number of carbonyl (C=O) groups excluding carboxylic acids is 4. The number of amides is 3. The molecule has 0 saturated heterocycles. The van der Waals surface area contributed by atoms with Gasteiger partial charge < -0.3 is 20.7 Å². The van der Waals surface area contributed by atoms with Gasteiger partial charge in [-0.15, -0.1) is 0 Å². The Bertz CT molecular complexity index is 557. The maximum Gasteiger partial charge on any atom is 0.222 e. The number of nitrogens with one attached hydrogen (secondary N) is 3. The van der Waals surface area contributed by atoms with Crippen molar-refractivity contribution in [1.82, 2.24) is 16.0 Å². The first-order valence-corrected chi connectivity index (χ1v) is 10.8. The highest BCUT2D eigenvalue weighted by Gasteiger charge is 2.25. The summed E-state index contributed by atoms with van der Waals surface area (Å²) in [6, 6.07) is 0.152. The van der Waals surface area contributed by atoms with Gasteiger partial charge in [0.05, 0.1) is 13.2 Å². The third kappa shape index (κ3) is 11.0. The second-order valence-corrected chi connectivity index (χ2v) is 7.84. The fourth-order valence-electron chi connectivity index (χ4n) is 3.27. The van der Waals surface area contributed by atoms with E-state index in [4.69, 9.17) is 4.74 Å². The molecule has 0 radical (unpaired) electrons. The number of rotatable bonds is 13. The molecule has 172 valence electrons. The van der Waals surface area contributed by atoms with Crippen LogP contribution >= 0.6 is 0 Å². The molecule has 0 atom stereocenters. The van der Waals surface area contributed by atoms with Crippen LogP contribution in [0.2, 0.25) is 0 Å². The Balaban J connectivity index is -0.00000280. The number of ketones is 1. The summed E-state index contributed by atoms with van der Waals surface area (Å²) >= 11 is 0. The molecule has 1 aliphatic carbocycles. The molecule has 0 bridgehead atoms. The smallest absolute Gasteiger partial charge is 0.222 e. The first-order valence-electron chi connectivity index (χ1n) is 10.8. The summed E-state index contributed by atoms with van der Waals surface area (Å²) in [5.41, 5.74) is 0. The minimum Gasteiger partial charge on any atom is -0.379 e. The predicted octanol–water partition coefficient (Wildman–Crippen LogP) is 2.06. The fraction of sp³-hybridized carbons (Fsp3) is 0.810. The second-order valence-electron chi connectivity index (χ2n) is 7.84. The molecular weight excluding hydrogens is 374 g/mol. The summed E-state index contributed by atoms with van der Waals surface area (Å²) in [4.78, 5) is 46.7. The molecule has 0 aliphatic heterocycles. The van der Waals surface area contributed by atoms with Crippen molar-refractivity contribution >= 4 is 23.5 Å². The van der Waals surface area contributed by atoms with Crippen LogP contribution in [0.15, 0.2) is 0 Å². The van der Waals surface area contributed by atoms with Crippen LogP contribution in [0.4, 0.5) is 0 Å². The summed E-state index contributed by atoms with van der Waals surface area (Å²) < 4.78 is 5.39. The van der Waals surface area contributed by atoms with E-state index in [9.17, 15) is 19.2 Å². The number of ether oxygens (including phenoxy) is 1. The standard InChI is InChI=1S/C21H37N3O5.3H2/c1-4-18(25)16-5-7-17(8-6-16)24-20(27)10-13-29-14-12-22-19(26)9-11-23-21(28)15(2)3;;;/h15-17H,4-14H2,1-3H3,(H,22,26)(H,23,28)(H,24,27);3*1H. The molecule has 3 N–H and O–H groups in total. The van der Waals surface area contributed by atoms with Gasteiger partial charge in [-0.2, -0.15) is 0 Å². The lowest BCUT2D eigenvalue weighted by atomic mass is 9.83. The third-order valence-electron chi connectivity index (χ3n) is 5.11. The highest BCUT2D eigenvalue weighted by atomic mass is 16.5. The zero-order valence-electron chi connectivity index (χ0n) is 18.1. The average molecular weight is 418 g/mol. The van der Waals surface area contributed by atoms with Gasteiger partial charge in [0.25, 0.3) is 0 Å². The molecule has 0 aromatic rings. The minimum atomic E-state index is -0.146. The van der Waals surface area contributed by atoms with Gasteiger partial charge in [0, 0.05) is 54.5 Å². The van der Waals surface area contributed by atoms with Gasteiger partial charge in [-0.25, -0.2) is 0 Å². The van der Waals surface area contributed by atoms with E-state index in [-0.39, 0.29) is 52.7 Å². The maximum atomic E-state index is 12.0. The predicted molar refractivity (Wildman–Crippen MR) is 116 cm³/mol. The maximum absolute atomic E-state index is 12.0. The van der Waals surface area contributed by atoms with Crippen LogP contribution < -0.4 is 16.0 Å². The fourth-order valence-corrected chi connectivity index (χ4v) is 3.27. The number of Topliss-reactive ketones (excluding diaryl/α,β-unsaturated/α-hetero) is 1. The Kier molecular flexibility index (Phi) is 12.2. The first-order chi connectivity index (χ1) is 13.8. The van der Waals surface area contributed by atoms with Gasteiger partial charge >= 0.3 is 0 Å². The zero-order valence-corrected chi connectivity index (χ0v) is 18.1. The lowest BCUT2D eigenvalue weighted by molar-refractivity contribution is -0.126. The molecule has 0 heterocycles. The molecular formula is C21H43N3O5. The second kappa shape index (κ2) is 14.1. The third-order valence-corrected chi connectivity index (χ3v) is 5.11. The van der Waals surface area contributed by atoms with E-state index in [1.54, 1.807) is 13.8 Å². The van der Waals surface area contributed by atoms with E-state index in [0.29, 0.717) is 38.5 Å². The van der Waals surface area contributed by atoms with Crippen molar-refractivity contribution in [3.05, 3.63) is 0 Å². The molecule has 1 fully saturated rings. The normalized spacial score (nSPS) is 18.9. The van der Waals surface area contributed by atoms with E-state index < -0.39 is 0 Å². The number of hydrogen-bond acceptors (Lipinski definition) is 5. The van der Waals surface area contributed by atoms with Gasteiger partial charge in [0.15, 0.2) is 0 Å². The largest absolute Gasteiger partial charge is 0.379 e. The van der Waals surface area contributed by atoms with Crippen LogP contribution in [0.25, 0.3) is 0 Å². The zero-order chi connectivity index (χ0) is 21.6. The van der Waals surface area contributed by atoms with Crippen molar-refractivity contribution in [2.45, 2.75) is 71.8 Å². The van der Waals surface area contributed by atoms with Crippen molar-refractivity contribution in [2.24, 2.45) is 11.8 Å². The van der Waals surface area contributed by atoms with Crippen LogP contribution in [0.5, 0.6) is 0 Å². The summed E-state index contributed by atoms with van der Waals surface area (Å²) in [6.07, 6.45) is 4.52. The van der Waals surface area contributed by atoms with E-state index in [2.05, 4.69) is 16.0 Å². The molecule has 0 spiro atoms. The van der Waals surface area contributed by atoms with Crippen molar-refractivity contribution in [2.75, 3.05) is 26.3 Å². The highest BCUT2D eigenvalue weighted by molar-refractivity contribution is 5.81. The lowest BCUT2D eigenvalue weighted by Crippen LogP contribution is -2.39. The molecule has 1 rings (SSSR count). The topological polar surface area (TPSA) is 114 Å². The summed E-state index contributed by atoms with van der Waals surface area (Å²) in [5, 5.41) is 8.41. The van der Waals surface area contributed by atoms with Crippen molar-refractivity contribution in [3.63, 3.8) is 0 Å². The Hall–Kier alpha value is -1.96. The van der Waals surface area contributed by atoms with Gasteiger partial charge in [0.1, 0.15) is 5.78 Å². The van der Waals surface area contributed by atoms with Crippen LogP contribution in [0.1, 0.15) is 70.0 Å². The lowest BCUT2D eigenvalue weighted by Gasteiger charge is -2.28. The van der Waals surface area contributed by atoms with E-state index in [0.717, 1.165) is 25.7 Å². The van der Waals surface area contributed by atoms with E-state index >= 15 is 0 Å². The van der Waals surface area contributed by atoms with Crippen molar-refractivity contribution in [3.8, 4) is 0 Å². The van der Waals surface area contributed by atoms with Crippen molar-refractivity contribution in [1.29, 1.82) is 0 Å². The minimum absolute atomic E-state index is 0. The first kappa shape index (κ1) is 25.1. The summed E-state index contributed by atoms with van der Waals surface area (Å²) in [5.74, 6) is 0.146. The molecule has 0 aromatic carbocycles. The molecule has 8 heteroatoms. The molecule has 29 heavy (non-hydrogen) atoms. The number of carbonyl (C=O) groups is 4. The monoisotopic (exact) mass is 417 g/mol. The molecule has 0 aromatic heterocycles. The molecule has 8 nitrogen and oxygen atoms in total. The molecule has 1 aliphatic rings. The quantitative estimate of drug-likeness (QED) is 0.397. The van der Waals surface area contributed by atoms with Gasteiger partial charge in [-0.3, -0.25) is 19.2 Å². The molecule has 0 unspecified atom stereocenters. The number of hydrogen-bond donors (Lipinski definition) is 3. The Morgan fingerprint density at radius 2 is 1.62 bits per heavy atom. The highest BCUT2D eigenvalue weighted by Crippen LogP contribution is 2.25. The van der Waals surface area contributed by atoms with E-state index in [1.807, 2.05) is 6.92 Å². The van der Waals surface area contributed by atoms with Crippen LogP contribution in [0, 0.1) is 11.8 Å². The average Bonchev–Trinajstić information content (AvgIpc) is 2.70. The molecule has 1 saturated carbocycles. The Morgan fingerprint density at radius 1 is 0.931 bits per heavy atom. The summed E-state index contributed by atoms with van der Waals surface area (Å²) in [7, 11) is 0. The summed E-state index contributed by atoms with van der Waals surface area (Å²) in [6.45, 7) is 6.82. The van der Waals surface area contributed by atoms with Crippen molar-refractivity contribution < 1.29 is 28.2 Å². The van der Waals surface area contributed by atoms with Crippen LogP contribution in [-0.4, -0.2) is 55.8 Å². The van der Waals surface area contributed by atoms with Gasteiger partial charge in [-0.05, 0) is 25.7 Å². The van der Waals surface area contributed by atoms with Crippen LogP contribution in [0.3, 0.4) is 0 Å². The van der Waals surface area contributed by atoms with Gasteiger partial charge in [-0.1, -0.05) is 20.8 Å². The van der Waals surface area contributed by atoms with E-state index in [1.165, 1.54) is 0 Å². The van der Waals surface area contributed by atoms with Gasteiger partial charge in [0.2, 0.25) is 17.7 Å². The Labute approximate surface area is 178 Å². The SMILES string of the molecule is CCC(=O)C1CCC(NC(=O)CCOCCNC(=O)CCNC(=O)C(C)C)CC1.[HH].[HH].[HH]. The molecule has 3 amide bonds.